The topological polar surface area (TPSA) is 46.3 Å². The van der Waals surface area contributed by atoms with Crippen molar-refractivity contribution in [2.45, 2.75) is 13.3 Å². The number of nitrogens with zero attached hydrogens (tertiary/aromatic N) is 1. The fraction of sp³-hybridized carbons (Fsp3) is 0.333. The molecule has 1 aromatic carbocycles. The molecule has 0 bridgehead atoms. The van der Waals surface area contributed by atoms with Gasteiger partial charge in [-0.25, -0.2) is 0 Å². The number of nitrogens with two attached hydrogens (primary N) is 1. The van der Waals surface area contributed by atoms with Crippen molar-refractivity contribution in [2.24, 2.45) is 5.73 Å². The second-order valence-electron chi connectivity index (χ2n) is 3.70. The lowest BCUT2D eigenvalue weighted by molar-refractivity contribution is 0.0780. The lowest BCUT2D eigenvalue weighted by Crippen LogP contribution is -2.38. The number of halogens is 1. The van der Waals surface area contributed by atoms with Crippen LogP contribution in [0.5, 0.6) is 0 Å². The summed E-state index contributed by atoms with van der Waals surface area (Å²) in [5, 5.41) is 0. The Morgan fingerprint density at radius 2 is 2.00 bits per heavy atom. The molecule has 2 N–H and O–H groups in total. The number of hydrogen-bond donors (Lipinski definition) is 1. The fourth-order valence-electron chi connectivity index (χ4n) is 1.49. The van der Waals surface area contributed by atoms with Gasteiger partial charge in [-0.3, -0.25) is 4.79 Å². The maximum Gasteiger partial charge on any atom is 0.254 e. The quantitative estimate of drug-likeness (QED) is 0.647. The zero-order valence-electron chi connectivity index (χ0n) is 9.65. The zero-order chi connectivity index (χ0) is 12.8. The van der Waals surface area contributed by atoms with Crippen LogP contribution in [-0.4, -0.2) is 28.9 Å². The molecule has 1 amide bonds. The summed E-state index contributed by atoms with van der Waals surface area (Å²) in [6.45, 7) is 3.03. The van der Waals surface area contributed by atoms with Gasteiger partial charge in [0.15, 0.2) is 0 Å². The molecule has 0 heterocycles. The third-order valence-corrected chi connectivity index (χ3v) is 3.07. The van der Waals surface area contributed by atoms with Crippen molar-refractivity contribution in [1.29, 1.82) is 0 Å². The van der Waals surface area contributed by atoms with Crippen LogP contribution in [0.2, 0.25) is 0 Å². The smallest absolute Gasteiger partial charge is 0.254 e. The van der Waals surface area contributed by atoms with Gasteiger partial charge >= 0.3 is 0 Å². The van der Waals surface area contributed by atoms with Crippen molar-refractivity contribution in [1.82, 2.24) is 4.90 Å². The van der Waals surface area contributed by atoms with Crippen LogP contribution in [0.3, 0.4) is 0 Å². The summed E-state index contributed by atoms with van der Waals surface area (Å²) in [6, 6.07) is 7.48. The maximum atomic E-state index is 12.2. The summed E-state index contributed by atoms with van der Waals surface area (Å²) in [5.74, 6) is -0.0175. The first-order valence-electron chi connectivity index (χ1n) is 5.37. The van der Waals surface area contributed by atoms with Gasteiger partial charge in [0.1, 0.15) is 0 Å². The Kier molecular flexibility index (Phi) is 5.84. The minimum absolute atomic E-state index is 0.0175. The van der Waals surface area contributed by atoms with Gasteiger partial charge < -0.3 is 10.6 Å². The number of benzene rings is 1. The van der Waals surface area contributed by atoms with Gasteiger partial charge in [-0.05, 0) is 53.3 Å². The van der Waals surface area contributed by atoms with E-state index in [1.165, 1.54) is 0 Å². The van der Waals surface area contributed by atoms with Crippen LogP contribution in [0.4, 0.5) is 0 Å². The Morgan fingerprint density at radius 1 is 1.41 bits per heavy atom. The van der Waals surface area contributed by atoms with Crippen LogP contribution < -0.4 is 5.73 Å². The van der Waals surface area contributed by atoms with Gasteiger partial charge in [0.25, 0.3) is 5.91 Å². The Balaban J connectivity index is 2.83. The van der Waals surface area contributed by atoms with Crippen molar-refractivity contribution in [3.8, 4) is 0 Å². The van der Waals surface area contributed by atoms with E-state index in [9.17, 15) is 4.79 Å². The molecule has 92 valence electrons. The van der Waals surface area contributed by atoms with E-state index in [1.807, 2.05) is 31.2 Å². The summed E-state index contributed by atoms with van der Waals surface area (Å²) in [5.41, 5.74) is 6.18. The first-order chi connectivity index (χ1) is 8.04. The van der Waals surface area contributed by atoms with Crippen molar-refractivity contribution >= 4 is 45.7 Å². The third kappa shape index (κ3) is 4.59. The highest BCUT2D eigenvalue weighted by atomic mass is 127. The normalized spacial score (nSPS) is 10.0. The molecule has 0 saturated carbocycles. The van der Waals surface area contributed by atoms with E-state index >= 15 is 0 Å². The molecule has 5 heteroatoms. The molecule has 0 aliphatic rings. The Hall–Kier alpha value is -0.690. The second kappa shape index (κ2) is 6.90. The van der Waals surface area contributed by atoms with Crippen molar-refractivity contribution in [3.05, 3.63) is 33.4 Å². The van der Waals surface area contributed by atoms with E-state index in [0.717, 1.165) is 9.99 Å². The number of hydrogen-bond acceptors (Lipinski definition) is 2. The van der Waals surface area contributed by atoms with Crippen LogP contribution in [0.25, 0.3) is 0 Å². The Labute approximate surface area is 121 Å². The molecule has 1 rings (SSSR count). The minimum atomic E-state index is -0.0175. The van der Waals surface area contributed by atoms with Crippen molar-refractivity contribution < 1.29 is 4.79 Å². The molecular weight excluding hydrogens is 347 g/mol. The SMILES string of the molecule is CCCN(CC(N)=S)C(=O)c1ccc(I)cc1. The number of thiocarbonyl (C=S) groups is 1. The van der Waals surface area contributed by atoms with Gasteiger partial charge in [-0.2, -0.15) is 0 Å². The predicted octanol–water partition coefficient (Wildman–Crippen LogP) is 2.43. The zero-order valence-corrected chi connectivity index (χ0v) is 12.6. The number of carbonyl (C=O) groups excluding carboxylic acids is 1. The molecule has 0 fully saturated rings. The molecule has 17 heavy (non-hydrogen) atoms. The van der Waals surface area contributed by atoms with E-state index in [1.54, 1.807) is 4.90 Å². The van der Waals surface area contributed by atoms with Crippen LogP contribution in [-0.2, 0) is 0 Å². The predicted molar refractivity (Wildman–Crippen MR) is 82.1 cm³/mol. The lowest BCUT2D eigenvalue weighted by atomic mass is 10.2. The van der Waals surface area contributed by atoms with Crippen molar-refractivity contribution in [2.75, 3.05) is 13.1 Å². The molecule has 0 aliphatic heterocycles. The minimum Gasteiger partial charge on any atom is -0.392 e. The lowest BCUT2D eigenvalue weighted by Gasteiger charge is -2.21. The largest absolute Gasteiger partial charge is 0.392 e. The van der Waals surface area contributed by atoms with E-state index in [-0.39, 0.29) is 5.91 Å². The Morgan fingerprint density at radius 3 is 2.47 bits per heavy atom. The van der Waals surface area contributed by atoms with E-state index in [0.29, 0.717) is 23.6 Å². The third-order valence-electron chi connectivity index (χ3n) is 2.22. The molecular formula is C12H15IN2OS. The standard InChI is InChI=1S/C12H15IN2OS/c1-2-7-15(8-11(14)17)12(16)9-3-5-10(13)6-4-9/h3-6H,2,7-8H2,1H3,(H2,14,17). The van der Waals surface area contributed by atoms with Gasteiger partial charge in [0, 0.05) is 15.7 Å². The molecule has 0 atom stereocenters. The summed E-state index contributed by atoms with van der Waals surface area (Å²) in [4.78, 5) is 14.2. The summed E-state index contributed by atoms with van der Waals surface area (Å²) < 4.78 is 1.11. The van der Waals surface area contributed by atoms with Crippen molar-refractivity contribution in [3.63, 3.8) is 0 Å². The van der Waals surface area contributed by atoms with E-state index in [2.05, 4.69) is 22.6 Å². The fourth-order valence-corrected chi connectivity index (χ4v) is 2.00. The molecule has 0 radical (unpaired) electrons. The number of carbonyl (C=O) groups is 1. The summed E-state index contributed by atoms with van der Waals surface area (Å²) in [6.07, 6.45) is 0.888. The average molecular weight is 362 g/mol. The molecule has 0 spiro atoms. The van der Waals surface area contributed by atoms with Gasteiger partial charge in [-0.1, -0.05) is 19.1 Å². The van der Waals surface area contributed by atoms with E-state index in [4.69, 9.17) is 18.0 Å². The van der Waals surface area contributed by atoms with Crippen LogP contribution >= 0.6 is 34.8 Å². The number of amides is 1. The maximum absolute atomic E-state index is 12.2. The first-order valence-corrected chi connectivity index (χ1v) is 6.86. The molecule has 3 nitrogen and oxygen atoms in total. The molecule has 0 saturated heterocycles. The second-order valence-corrected chi connectivity index (χ2v) is 5.47. The highest BCUT2D eigenvalue weighted by Crippen LogP contribution is 2.09. The average Bonchev–Trinajstić information content (AvgIpc) is 2.28. The molecule has 1 aromatic rings. The highest BCUT2D eigenvalue weighted by Gasteiger charge is 2.15. The summed E-state index contributed by atoms with van der Waals surface area (Å²) >= 11 is 7.07. The van der Waals surface area contributed by atoms with Gasteiger partial charge in [0.2, 0.25) is 0 Å². The summed E-state index contributed by atoms with van der Waals surface area (Å²) in [7, 11) is 0. The van der Waals surface area contributed by atoms with E-state index < -0.39 is 0 Å². The Bertz CT molecular complexity index is 405. The van der Waals surface area contributed by atoms with Gasteiger partial charge in [-0.15, -0.1) is 0 Å². The van der Waals surface area contributed by atoms with Crippen LogP contribution in [0, 0.1) is 3.57 Å². The molecule has 0 unspecified atom stereocenters. The molecule has 0 aliphatic carbocycles. The molecule has 0 aromatic heterocycles. The van der Waals surface area contributed by atoms with Gasteiger partial charge in [0.05, 0.1) is 11.5 Å². The number of rotatable bonds is 5. The highest BCUT2D eigenvalue weighted by molar-refractivity contribution is 14.1. The van der Waals surface area contributed by atoms with Crippen LogP contribution in [0.15, 0.2) is 24.3 Å². The van der Waals surface area contributed by atoms with Crippen LogP contribution in [0.1, 0.15) is 23.7 Å². The first kappa shape index (κ1) is 14.4. The monoisotopic (exact) mass is 362 g/mol.